The van der Waals surface area contributed by atoms with Crippen molar-refractivity contribution in [2.24, 2.45) is 0 Å². The van der Waals surface area contributed by atoms with Crippen LogP contribution < -0.4 is 14.8 Å². The summed E-state index contributed by atoms with van der Waals surface area (Å²) in [5, 5.41) is 2.52. The Morgan fingerprint density at radius 3 is 2.41 bits per heavy atom. The van der Waals surface area contributed by atoms with Crippen LogP contribution in [0.15, 0.2) is 66.7 Å². The van der Waals surface area contributed by atoms with E-state index in [9.17, 15) is 9.18 Å². The Morgan fingerprint density at radius 2 is 1.69 bits per heavy atom. The maximum Gasteiger partial charge on any atom is 0.411 e. The molecule has 1 amide bonds. The zero-order valence-corrected chi connectivity index (χ0v) is 18.4. The van der Waals surface area contributed by atoms with Gasteiger partial charge in [0.15, 0.2) is 23.1 Å². The minimum Gasteiger partial charge on any atom is -0.490 e. The first-order chi connectivity index (χ1) is 15.6. The topological polar surface area (TPSA) is 56.8 Å². The van der Waals surface area contributed by atoms with Gasteiger partial charge in [0.2, 0.25) is 0 Å². The van der Waals surface area contributed by atoms with Gasteiger partial charge in [-0.1, -0.05) is 56.7 Å². The first-order valence-corrected chi connectivity index (χ1v) is 10.8. The Hall–Kier alpha value is -3.54. The SMILES string of the molecule is CCCCOc1cc(CC)ccc1Oc1ccc(NC(=O)OCc2ccccc2)cc1F. The van der Waals surface area contributed by atoms with Gasteiger partial charge in [-0.25, -0.2) is 9.18 Å². The predicted molar refractivity (Wildman–Crippen MR) is 123 cm³/mol. The number of halogens is 1. The van der Waals surface area contributed by atoms with Crippen molar-refractivity contribution in [3.05, 3.63) is 83.7 Å². The second-order valence-electron chi connectivity index (χ2n) is 7.27. The summed E-state index contributed by atoms with van der Waals surface area (Å²) in [7, 11) is 0. The van der Waals surface area contributed by atoms with E-state index in [0.717, 1.165) is 30.4 Å². The van der Waals surface area contributed by atoms with E-state index in [1.54, 1.807) is 12.1 Å². The number of benzene rings is 3. The summed E-state index contributed by atoms with van der Waals surface area (Å²) < 4.78 is 31.5. The number of nitrogens with one attached hydrogen (secondary N) is 1. The molecule has 0 heterocycles. The average molecular weight is 438 g/mol. The molecule has 0 fully saturated rings. The van der Waals surface area contributed by atoms with E-state index in [0.29, 0.717) is 18.1 Å². The lowest BCUT2D eigenvalue weighted by Gasteiger charge is -2.14. The average Bonchev–Trinajstić information content (AvgIpc) is 2.81. The molecule has 0 aliphatic carbocycles. The Labute approximate surface area is 188 Å². The van der Waals surface area contributed by atoms with Crippen LogP contribution in [0.2, 0.25) is 0 Å². The Kier molecular flexibility index (Phi) is 8.49. The lowest BCUT2D eigenvalue weighted by atomic mass is 10.1. The summed E-state index contributed by atoms with van der Waals surface area (Å²) in [6, 6.07) is 19.2. The standard InChI is InChI=1S/C26H28FNO4/c1-3-5-15-30-25-16-19(4-2)11-13-24(25)32-23-14-12-21(17-22(23)27)28-26(29)31-18-20-9-7-6-8-10-20/h6-14,16-17H,3-5,15,18H2,1-2H3,(H,28,29). The predicted octanol–water partition coefficient (Wildman–Crippen LogP) is 7.11. The van der Waals surface area contributed by atoms with Crippen molar-refractivity contribution in [1.29, 1.82) is 0 Å². The van der Waals surface area contributed by atoms with E-state index < -0.39 is 11.9 Å². The second kappa shape index (κ2) is 11.7. The van der Waals surface area contributed by atoms with Crippen molar-refractivity contribution in [3.63, 3.8) is 0 Å². The van der Waals surface area contributed by atoms with Crippen LogP contribution >= 0.6 is 0 Å². The molecule has 0 bridgehead atoms. The minimum absolute atomic E-state index is 0.0396. The van der Waals surface area contributed by atoms with Crippen molar-refractivity contribution < 1.29 is 23.4 Å². The highest BCUT2D eigenvalue weighted by atomic mass is 19.1. The van der Waals surface area contributed by atoms with Gasteiger partial charge < -0.3 is 14.2 Å². The molecule has 3 aromatic rings. The number of anilines is 1. The Bertz CT molecular complexity index is 1020. The third-order valence-electron chi connectivity index (χ3n) is 4.78. The van der Waals surface area contributed by atoms with E-state index in [4.69, 9.17) is 14.2 Å². The van der Waals surface area contributed by atoms with Crippen LogP contribution in [0.3, 0.4) is 0 Å². The second-order valence-corrected chi connectivity index (χ2v) is 7.27. The van der Waals surface area contributed by atoms with E-state index in [2.05, 4.69) is 19.2 Å². The summed E-state index contributed by atoms with van der Waals surface area (Å²) >= 11 is 0. The highest BCUT2D eigenvalue weighted by molar-refractivity contribution is 5.84. The molecule has 0 saturated heterocycles. The molecule has 32 heavy (non-hydrogen) atoms. The van der Waals surface area contributed by atoms with Crippen molar-refractivity contribution in [2.75, 3.05) is 11.9 Å². The molecule has 3 rings (SSSR count). The molecule has 1 N–H and O–H groups in total. The molecule has 0 aromatic heterocycles. The molecule has 0 saturated carbocycles. The third-order valence-corrected chi connectivity index (χ3v) is 4.78. The van der Waals surface area contributed by atoms with Crippen LogP contribution in [0.25, 0.3) is 0 Å². The molecule has 0 atom stereocenters. The summed E-state index contributed by atoms with van der Waals surface area (Å²) in [5.41, 5.74) is 2.25. The number of ether oxygens (including phenoxy) is 3. The molecule has 3 aromatic carbocycles. The molecule has 0 spiro atoms. The highest BCUT2D eigenvalue weighted by Crippen LogP contribution is 2.34. The van der Waals surface area contributed by atoms with Gasteiger partial charge in [0.1, 0.15) is 6.61 Å². The van der Waals surface area contributed by atoms with E-state index in [-0.39, 0.29) is 18.0 Å². The zero-order chi connectivity index (χ0) is 22.8. The maximum absolute atomic E-state index is 14.7. The molecular weight excluding hydrogens is 409 g/mol. The van der Waals surface area contributed by atoms with Gasteiger partial charge in [0, 0.05) is 11.8 Å². The number of carbonyl (C=O) groups excluding carboxylic acids is 1. The fourth-order valence-corrected chi connectivity index (χ4v) is 2.95. The van der Waals surface area contributed by atoms with E-state index in [1.165, 1.54) is 12.1 Å². The van der Waals surface area contributed by atoms with Crippen molar-refractivity contribution in [1.82, 2.24) is 0 Å². The molecule has 0 radical (unpaired) electrons. The minimum atomic E-state index is -0.663. The van der Waals surface area contributed by atoms with Gasteiger partial charge >= 0.3 is 6.09 Å². The number of carbonyl (C=O) groups is 1. The van der Waals surface area contributed by atoms with Gasteiger partial charge in [0.05, 0.1) is 6.61 Å². The lowest BCUT2D eigenvalue weighted by molar-refractivity contribution is 0.155. The number of rotatable bonds is 10. The fraction of sp³-hybridized carbons (Fsp3) is 0.269. The van der Waals surface area contributed by atoms with Crippen LogP contribution in [0.5, 0.6) is 17.2 Å². The normalized spacial score (nSPS) is 10.5. The van der Waals surface area contributed by atoms with Crippen molar-refractivity contribution >= 4 is 11.8 Å². The van der Waals surface area contributed by atoms with Gasteiger partial charge in [-0.2, -0.15) is 0 Å². The summed E-state index contributed by atoms with van der Waals surface area (Å²) in [5.74, 6) is 0.465. The van der Waals surface area contributed by atoms with Crippen LogP contribution in [0, 0.1) is 5.82 Å². The molecule has 0 aliphatic rings. The number of amides is 1. The van der Waals surface area contributed by atoms with Gasteiger partial charge in [-0.15, -0.1) is 0 Å². The number of hydrogen-bond donors (Lipinski definition) is 1. The molecule has 168 valence electrons. The van der Waals surface area contributed by atoms with E-state index >= 15 is 0 Å². The van der Waals surface area contributed by atoms with E-state index in [1.807, 2.05) is 42.5 Å². The molecular formula is C26H28FNO4. The number of aryl methyl sites for hydroxylation is 1. The molecule has 0 aliphatic heterocycles. The lowest BCUT2D eigenvalue weighted by Crippen LogP contribution is -2.13. The monoisotopic (exact) mass is 437 g/mol. The van der Waals surface area contributed by atoms with Gasteiger partial charge in [-0.3, -0.25) is 5.32 Å². The molecule has 0 unspecified atom stereocenters. The Balaban J connectivity index is 1.64. The first kappa shape index (κ1) is 23.1. The van der Waals surface area contributed by atoms with Crippen LogP contribution in [-0.4, -0.2) is 12.7 Å². The maximum atomic E-state index is 14.7. The van der Waals surface area contributed by atoms with Crippen LogP contribution in [0.4, 0.5) is 14.9 Å². The largest absolute Gasteiger partial charge is 0.490 e. The number of unbranched alkanes of at least 4 members (excludes halogenated alkanes) is 1. The first-order valence-electron chi connectivity index (χ1n) is 10.8. The third kappa shape index (κ3) is 6.74. The Morgan fingerprint density at radius 1 is 0.906 bits per heavy atom. The zero-order valence-electron chi connectivity index (χ0n) is 18.4. The summed E-state index contributed by atoms with van der Waals surface area (Å²) in [6.45, 7) is 4.84. The fourth-order valence-electron chi connectivity index (χ4n) is 2.95. The van der Waals surface area contributed by atoms with Crippen LogP contribution in [0.1, 0.15) is 37.8 Å². The molecule has 6 heteroatoms. The van der Waals surface area contributed by atoms with Crippen LogP contribution in [-0.2, 0) is 17.8 Å². The van der Waals surface area contributed by atoms with Crippen molar-refractivity contribution in [2.45, 2.75) is 39.7 Å². The van der Waals surface area contributed by atoms with Gasteiger partial charge in [0.25, 0.3) is 0 Å². The summed E-state index contributed by atoms with van der Waals surface area (Å²) in [6.07, 6.45) is 2.13. The molecule has 5 nitrogen and oxygen atoms in total. The highest BCUT2D eigenvalue weighted by Gasteiger charge is 2.13. The summed E-state index contributed by atoms with van der Waals surface area (Å²) in [4.78, 5) is 12.0. The van der Waals surface area contributed by atoms with Gasteiger partial charge in [-0.05, 0) is 48.2 Å². The number of hydrogen-bond acceptors (Lipinski definition) is 4. The quantitative estimate of drug-likeness (QED) is 0.344. The smallest absolute Gasteiger partial charge is 0.411 e. The van der Waals surface area contributed by atoms with Crippen molar-refractivity contribution in [3.8, 4) is 17.2 Å².